The third-order valence-corrected chi connectivity index (χ3v) is 5.34. The van der Waals surface area contributed by atoms with Crippen LogP contribution in [0.1, 0.15) is 36.6 Å². The van der Waals surface area contributed by atoms with Gasteiger partial charge in [0.2, 0.25) is 5.91 Å². The number of halogens is 1. The number of pyridine rings is 1. The Kier molecular flexibility index (Phi) is 9.03. The number of thioether (sulfide) groups is 1. The molecule has 1 saturated heterocycles. The number of hydrogen-bond acceptors (Lipinski definition) is 4. The van der Waals surface area contributed by atoms with Crippen LogP contribution in [0.15, 0.2) is 11.0 Å². The lowest BCUT2D eigenvalue weighted by molar-refractivity contribution is -0.119. The second kappa shape index (κ2) is 10.2. The number of nitrogens with one attached hydrogen (secondary N) is 2. The number of H-pyrrole nitrogens is 1. The van der Waals surface area contributed by atoms with Gasteiger partial charge in [-0.25, -0.2) is 0 Å². The predicted molar refractivity (Wildman–Crippen MR) is 108 cm³/mol. The quantitative estimate of drug-likeness (QED) is 0.754. The number of nitrogens with zero attached hydrogens (tertiary/aromatic N) is 1. The van der Waals surface area contributed by atoms with Crippen LogP contribution in [0, 0.1) is 19.8 Å². The van der Waals surface area contributed by atoms with E-state index in [4.69, 9.17) is 0 Å². The number of aromatic amines is 1. The molecule has 2 rings (SSSR count). The SMILES string of the molecule is CCC[C@H]1CN(Cc2[nH]cc(C)c(=O)c2C)C[C@@H]1NC(=O)CSC.Cl. The first-order chi connectivity index (χ1) is 11.5. The van der Waals surface area contributed by atoms with E-state index in [1.165, 1.54) is 0 Å². The van der Waals surface area contributed by atoms with Crippen molar-refractivity contribution < 1.29 is 4.79 Å². The van der Waals surface area contributed by atoms with Crippen molar-refractivity contribution in [3.63, 3.8) is 0 Å². The van der Waals surface area contributed by atoms with E-state index in [2.05, 4.69) is 22.1 Å². The van der Waals surface area contributed by atoms with Crippen molar-refractivity contribution >= 4 is 30.1 Å². The molecule has 1 aromatic rings. The second-order valence-corrected chi connectivity index (χ2v) is 7.62. The van der Waals surface area contributed by atoms with Crippen LogP contribution in [0.25, 0.3) is 0 Å². The van der Waals surface area contributed by atoms with E-state index < -0.39 is 0 Å². The molecule has 1 amide bonds. The normalized spacial score (nSPS) is 20.3. The number of amides is 1. The minimum Gasteiger partial charge on any atom is -0.363 e. The maximum atomic E-state index is 12.1. The Morgan fingerprint density at radius 1 is 1.40 bits per heavy atom. The summed E-state index contributed by atoms with van der Waals surface area (Å²) in [6.07, 6.45) is 5.97. The van der Waals surface area contributed by atoms with E-state index in [1.807, 2.05) is 20.1 Å². The maximum absolute atomic E-state index is 12.1. The highest BCUT2D eigenvalue weighted by Crippen LogP contribution is 2.23. The zero-order valence-electron chi connectivity index (χ0n) is 15.6. The lowest BCUT2D eigenvalue weighted by atomic mass is 9.98. The van der Waals surface area contributed by atoms with E-state index in [9.17, 15) is 9.59 Å². The average Bonchev–Trinajstić information content (AvgIpc) is 2.90. The molecule has 1 aliphatic rings. The largest absolute Gasteiger partial charge is 0.363 e. The van der Waals surface area contributed by atoms with E-state index in [0.717, 1.165) is 49.3 Å². The van der Waals surface area contributed by atoms with Crippen LogP contribution in [-0.2, 0) is 11.3 Å². The van der Waals surface area contributed by atoms with Gasteiger partial charge in [-0.05, 0) is 32.4 Å². The van der Waals surface area contributed by atoms with Gasteiger partial charge < -0.3 is 10.3 Å². The zero-order valence-corrected chi connectivity index (χ0v) is 17.2. The van der Waals surface area contributed by atoms with Gasteiger partial charge >= 0.3 is 0 Å². The summed E-state index contributed by atoms with van der Waals surface area (Å²) in [6.45, 7) is 8.45. The van der Waals surface area contributed by atoms with E-state index in [1.54, 1.807) is 18.0 Å². The van der Waals surface area contributed by atoms with Crippen molar-refractivity contribution in [2.24, 2.45) is 5.92 Å². The van der Waals surface area contributed by atoms with Crippen molar-refractivity contribution in [2.45, 2.75) is 46.2 Å². The van der Waals surface area contributed by atoms with Crippen molar-refractivity contribution in [3.05, 3.63) is 33.2 Å². The summed E-state index contributed by atoms with van der Waals surface area (Å²) in [7, 11) is 0. The molecule has 0 aromatic carbocycles. The van der Waals surface area contributed by atoms with Crippen molar-refractivity contribution in [3.8, 4) is 0 Å². The number of hydrogen-bond donors (Lipinski definition) is 2. The average molecular weight is 388 g/mol. The number of likely N-dealkylation sites (tertiary alicyclic amines) is 1. The molecule has 7 heteroatoms. The fourth-order valence-corrected chi connectivity index (χ4v) is 3.83. The molecule has 0 bridgehead atoms. The molecule has 1 aromatic heterocycles. The Hall–Kier alpha value is -0.980. The van der Waals surface area contributed by atoms with Gasteiger partial charge in [-0.2, -0.15) is 11.8 Å². The van der Waals surface area contributed by atoms with Crippen LogP contribution in [0.5, 0.6) is 0 Å². The lowest BCUT2D eigenvalue weighted by Gasteiger charge is -2.19. The van der Waals surface area contributed by atoms with Crippen LogP contribution < -0.4 is 10.7 Å². The Labute approximate surface area is 160 Å². The second-order valence-electron chi connectivity index (χ2n) is 6.75. The molecule has 2 heterocycles. The number of rotatable bonds is 7. The van der Waals surface area contributed by atoms with Crippen LogP contribution in [0.3, 0.4) is 0 Å². The fourth-order valence-electron chi connectivity index (χ4n) is 3.49. The Balaban J connectivity index is 0.00000312. The number of carbonyl (C=O) groups is 1. The Morgan fingerprint density at radius 2 is 2.12 bits per heavy atom. The van der Waals surface area contributed by atoms with E-state index in [-0.39, 0.29) is 29.8 Å². The molecule has 25 heavy (non-hydrogen) atoms. The summed E-state index contributed by atoms with van der Waals surface area (Å²) in [4.78, 5) is 29.7. The summed E-state index contributed by atoms with van der Waals surface area (Å²) in [5.41, 5.74) is 2.66. The molecule has 1 fully saturated rings. The molecule has 1 aliphatic heterocycles. The predicted octanol–water partition coefficient (Wildman–Crippen LogP) is 2.49. The molecule has 0 spiro atoms. The smallest absolute Gasteiger partial charge is 0.230 e. The number of aryl methyl sites for hydroxylation is 1. The van der Waals surface area contributed by atoms with Gasteiger partial charge in [-0.3, -0.25) is 14.5 Å². The van der Waals surface area contributed by atoms with Gasteiger partial charge in [0.1, 0.15) is 0 Å². The van der Waals surface area contributed by atoms with Gasteiger partial charge in [0.15, 0.2) is 5.43 Å². The first kappa shape index (κ1) is 22.1. The molecule has 0 saturated carbocycles. The molecular formula is C18H30ClN3O2S. The van der Waals surface area contributed by atoms with Crippen molar-refractivity contribution in [1.82, 2.24) is 15.2 Å². The third-order valence-electron chi connectivity index (χ3n) is 4.79. The molecule has 0 radical (unpaired) electrons. The highest BCUT2D eigenvalue weighted by Gasteiger charge is 2.33. The minimum absolute atomic E-state index is 0. The van der Waals surface area contributed by atoms with Gasteiger partial charge in [-0.1, -0.05) is 13.3 Å². The molecule has 2 atom stereocenters. The summed E-state index contributed by atoms with van der Waals surface area (Å²) in [5.74, 6) is 1.12. The standard InChI is InChI=1S/C18H29N3O2S.ClH/c1-5-6-14-8-21(10-16(14)20-17(22)11-24-4)9-15-13(3)18(23)12(2)7-19-15;/h7,14,16H,5-6,8-11H2,1-4H3,(H,19,23)(H,20,22);1H/t14-,16-;/m0./s1. The first-order valence-corrected chi connectivity index (χ1v) is 10.0. The molecule has 142 valence electrons. The van der Waals surface area contributed by atoms with Gasteiger partial charge in [0.25, 0.3) is 0 Å². The Morgan fingerprint density at radius 3 is 2.76 bits per heavy atom. The molecular weight excluding hydrogens is 358 g/mol. The van der Waals surface area contributed by atoms with Crippen molar-refractivity contribution in [1.29, 1.82) is 0 Å². The summed E-state index contributed by atoms with van der Waals surface area (Å²) >= 11 is 1.55. The van der Waals surface area contributed by atoms with Gasteiger partial charge in [0.05, 0.1) is 5.75 Å². The van der Waals surface area contributed by atoms with Crippen molar-refractivity contribution in [2.75, 3.05) is 25.1 Å². The van der Waals surface area contributed by atoms with Gasteiger partial charge in [-0.15, -0.1) is 12.4 Å². The van der Waals surface area contributed by atoms with Crippen LogP contribution in [0.2, 0.25) is 0 Å². The minimum atomic E-state index is 0. The summed E-state index contributed by atoms with van der Waals surface area (Å²) < 4.78 is 0. The third kappa shape index (κ3) is 5.76. The van der Waals surface area contributed by atoms with E-state index in [0.29, 0.717) is 11.7 Å². The summed E-state index contributed by atoms with van der Waals surface area (Å²) in [6, 6.07) is 0.210. The summed E-state index contributed by atoms with van der Waals surface area (Å²) in [5, 5.41) is 3.19. The lowest BCUT2D eigenvalue weighted by Crippen LogP contribution is -2.41. The molecule has 5 nitrogen and oxygen atoms in total. The molecule has 2 N–H and O–H groups in total. The Bertz CT molecular complexity index is 635. The highest BCUT2D eigenvalue weighted by molar-refractivity contribution is 7.99. The molecule has 0 unspecified atom stereocenters. The fraction of sp³-hybridized carbons (Fsp3) is 0.667. The zero-order chi connectivity index (χ0) is 17.7. The van der Waals surface area contributed by atoms with Gasteiger partial charge in [0, 0.05) is 48.7 Å². The van der Waals surface area contributed by atoms with E-state index >= 15 is 0 Å². The first-order valence-electron chi connectivity index (χ1n) is 8.64. The maximum Gasteiger partial charge on any atom is 0.230 e. The van der Waals surface area contributed by atoms with Crippen LogP contribution in [0.4, 0.5) is 0 Å². The van der Waals surface area contributed by atoms with Crippen LogP contribution >= 0.6 is 24.2 Å². The number of carbonyl (C=O) groups excluding carboxylic acids is 1. The number of aromatic nitrogens is 1. The van der Waals surface area contributed by atoms with Crippen LogP contribution in [-0.4, -0.2) is 46.9 Å². The molecule has 0 aliphatic carbocycles. The topological polar surface area (TPSA) is 65.2 Å². The highest BCUT2D eigenvalue weighted by atomic mass is 35.5. The monoisotopic (exact) mass is 387 g/mol.